The maximum atomic E-state index is 11.4. The summed E-state index contributed by atoms with van der Waals surface area (Å²) in [5.74, 6) is 0.859. The molecule has 46 heavy (non-hydrogen) atoms. The Morgan fingerprint density at radius 2 is 2.02 bits per heavy atom. The summed E-state index contributed by atoms with van der Waals surface area (Å²) in [4.78, 5) is 32.3. The number of aromatic nitrogens is 4. The van der Waals surface area contributed by atoms with Crippen molar-refractivity contribution in [2.75, 3.05) is 18.4 Å². The van der Waals surface area contributed by atoms with Crippen LogP contribution in [0.2, 0.25) is 5.02 Å². The Bertz CT molecular complexity index is 2210. The second kappa shape index (κ2) is 11.9. The van der Waals surface area contributed by atoms with E-state index in [2.05, 4.69) is 32.3 Å². The standard InChI is InChI=1S/C35H28ClN7O3/c1-19-10-23-12-22(16-43-9-7-25(45)17-43)15-39-31(23)34(40-19)41-28-5-3-4-26(20(28)2)32-30(36)27(6-8-38-32)35-42-29-13-21(18-44)11-24(14-37)33(29)46-35/h3-6,8,10-13,15,18,25,45H,7,9,16-17H2,1-2H3,(H,40,41). The summed E-state index contributed by atoms with van der Waals surface area (Å²) in [6.07, 6.45) is 4.71. The number of rotatable bonds is 7. The number of nitriles is 1. The first-order valence-corrected chi connectivity index (χ1v) is 15.2. The van der Waals surface area contributed by atoms with Gasteiger partial charge in [0.1, 0.15) is 23.4 Å². The van der Waals surface area contributed by atoms with Crippen LogP contribution >= 0.6 is 11.6 Å². The largest absolute Gasteiger partial charge is 0.435 e. The molecule has 10 nitrogen and oxygen atoms in total. The molecule has 4 aromatic heterocycles. The van der Waals surface area contributed by atoms with E-state index in [4.69, 9.17) is 26.0 Å². The van der Waals surface area contributed by atoms with Crippen LogP contribution in [0.15, 0.2) is 65.3 Å². The highest BCUT2D eigenvalue weighted by molar-refractivity contribution is 6.35. The monoisotopic (exact) mass is 629 g/mol. The highest BCUT2D eigenvalue weighted by atomic mass is 35.5. The Morgan fingerprint density at radius 3 is 2.80 bits per heavy atom. The molecule has 0 spiro atoms. The van der Waals surface area contributed by atoms with E-state index in [-0.39, 0.29) is 23.1 Å². The van der Waals surface area contributed by atoms with Crippen LogP contribution in [0, 0.1) is 25.2 Å². The van der Waals surface area contributed by atoms with Gasteiger partial charge in [-0.1, -0.05) is 23.7 Å². The van der Waals surface area contributed by atoms with E-state index in [0.717, 1.165) is 58.5 Å². The molecule has 1 atom stereocenters. The summed E-state index contributed by atoms with van der Waals surface area (Å²) in [7, 11) is 0. The Morgan fingerprint density at radius 1 is 1.15 bits per heavy atom. The van der Waals surface area contributed by atoms with Crippen molar-refractivity contribution in [2.24, 2.45) is 0 Å². The minimum absolute atomic E-state index is 0.216. The van der Waals surface area contributed by atoms with Crippen LogP contribution in [-0.2, 0) is 6.54 Å². The first kappa shape index (κ1) is 29.5. The van der Waals surface area contributed by atoms with Gasteiger partial charge < -0.3 is 14.8 Å². The summed E-state index contributed by atoms with van der Waals surface area (Å²) in [6, 6.07) is 16.8. The number of carbonyl (C=O) groups excluding carboxylic acids is 1. The van der Waals surface area contributed by atoms with Crippen molar-refractivity contribution in [3.8, 4) is 28.8 Å². The van der Waals surface area contributed by atoms with Gasteiger partial charge in [-0.3, -0.25) is 19.7 Å². The number of likely N-dealkylation sites (tertiary alicyclic amines) is 1. The minimum atomic E-state index is -0.264. The number of pyridine rings is 3. The number of aliphatic hydroxyl groups is 1. The van der Waals surface area contributed by atoms with Gasteiger partial charge in [-0.15, -0.1) is 0 Å². The van der Waals surface area contributed by atoms with Crippen LogP contribution in [0.4, 0.5) is 11.5 Å². The molecule has 0 aliphatic carbocycles. The first-order chi connectivity index (χ1) is 22.3. The zero-order valence-electron chi connectivity index (χ0n) is 25.1. The second-order valence-corrected chi connectivity index (χ2v) is 11.9. The zero-order chi connectivity index (χ0) is 31.9. The lowest BCUT2D eigenvalue weighted by Gasteiger charge is -2.17. The molecule has 1 fully saturated rings. The fourth-order valence-electron chi connectivity index (χ4n) is 5.98. The lowest BCUT2D eigenvalue weighted by molar-refractivity contribution is 0.112. The number of carbonyl (C=O) groups is 1. The molecule has 1 aliphatic heterocycles. The normalized spacial score (nSPS) is 15.0. The van der Waals surface area contributed by atoms with Crippen molar-refractivity contribution in [2.45, 2.75) is 32.9 Å². The topological polar surface area (TPSA) is 141 Å². The smallest absolute Gasteiger partial charge is 0.229 e. The maximum absolute atomic E-state index is 11.4. The average molecular weight is 630 g/mol. The van der Waals surface area contributed by atoms with E-state index < -0.39 is 0 Å². The molecule has 1 unspecified atom stereocenters. The number of aliphatic hydroxyl groups excluding tert-OH is 1. The highest BCUT2D eigenvalue weighted by Gasteiger charge is 2.22. The summed E-state index contributed by atoms with van der Waals surface area (Å²) in [5.41, 5.74) is 7.48. The average Bonchev–Trinajstić information content (AvgIpc) is 3.67. The van der Waals surface area contributed by atoms with Crippen molar-refractivity contribution in [1.82, 2.24) is 24.8 Å². The summed E-state index contributed by atoms with van der Waals surface area (Å²) < 4.78 is 5.98. The van der Waals surface area contributed by atoms with Gasteiger partial charge in [-0.05, 0) is 67.8 Å². The molecule has 0 saturated carbocycles. The predicted molar refractivity (Wildman–Crippen MR) is 176 cm³/mol. The van der Waals surface area contributed by atoms with Crippen LogP contribution < -0.4 is 5.32 Å². The Labute approximate surface area is 269 Å². The van der Waals surface area contributed by atoms with Crippen LogP contribution in [-0.4, -0.2) is 55.4 Å². The molecule has 2 aromatic carbocycles. The number of aldehydes is 1. The van der Waals surface area contributed by atoms with E-state index in [9.17, 15) is 15.2 Å². The molecule has 2 N–H and O–H groups in total. The lowest BCUT2D eigenvalue weighted by atomic mass is 10.0. The predicted octanol–water partition coefficient (Wildman–Crippen LogP) is 6.76. The number of β-amino-alcohol motifs (C(OH)–C–C–N with tert-alkyl or cyclic N) is 1. The Balaban J connectivity index is 1.23. The number of nitrogens with zero attached hydrogens (tertiary/aromatic N) is 6. The molecule has 1 aliphatic rings. The lowest BCUT2D eigenvalue weighted by Crippen LogP contribution is -2.21. The quantitative estimate of drug-likeness (QED) is 0.182. The molecule has 0 bridgehead atoms. The number of hydrogen-bond acceptors (Lipinski definition) is 10. The number of fused-ring (bicyclic) bond motifs is 2. The third-order valence-corrected chi connectivity index (χ3v) is 8.62. The van der Waals surface area contributed by atoms with Gasteiger partial charge in [0.05, 0.1) is 27.9 Å². The van der Waals surface area contributed by atoms with Gasteiger partial charge in [-0.2, -0.15) is 5.26 Å². The number of hydrogen-bond donors (Lipinski definition) is 2. The first-order valence-electron chi connectivity index (χ1n) is 14.8. The van der Waals surface area contributed by atoms with Crippen LogP contribution in [0.1, 0.15) is 39.2 Å². The minimum Gasteiger partial charge on any atom is -0.435 e. The molecule has 1 saturated heterocycles. The second-order valence-electron chi connectivity index (χ2n) is 11.5. The van der Waals surface area contributed by atoms with Crippen molar-refractivity contribution < 1.29 is 14.3 Å². The van der Waals surface area contributed by atoms with Crippen molar-refractivity contribution in [1.29, 1.82) is 5.26 Å². The van der Waals surface area contributed by atoms with Gasteiger partial charge in [0.2, 0.25) is 5.89 Å². The summed E-state index contributed by atoms with van der Waals surface area (Å²) in [6.45, 7) is 6.23. The van der Waals surface area contributed by atoms with Gasteiger partial charge in [0, 0.05) is 59.9 Å². The number of oxazole rings is 1. The number of halogens is 1. The molecule has 6 aromatic rings. The fraction of sp³-hybridized carbons (Fsp3) is 0.200. The van der Waals surface area contributed by atoms with Crippen molar-refractivity contribution in [3.63, 3.8) is 0 Å². The van der Waals surface area contributed by atoms with Crippen molar-refractivity contribution in [3.05, 3.63) is 93.9 Å². The van der Waals surface area contributed by atoms with Gasteiger partial charge >= 0.3 is 0 Å². The highest BCUT2D eigenvalue weighted by Crippen LogP contribution is 2.39. The van der Waals surface area contributed by atoms with E-state index in [0.29, 0.717) is 46.0 Å². The fourth-order valence-corrected chi connectivity index (χ4v) is 6.28. The third-order valence-electron chi connectivity index (χ3n) is 8.23. The van der Waals surface area contributed by atoms with E-state index in [1.807, 2.05) is 44.3 Å². The van der Waals surface area contributed by atoms with Crippen molar-refractivity contribution >= 4 is 51.4 Å². The molecule has 7 rings (SSSR count). The Hall–Kier alpha value is -5.21. The summed E-state index contributed by atoms with van der Waals surface area (Å²) in [5, 5.41) is 24.3. The third kappa shape index (κ3) is 5.45. The molecular formula is C35H28ClN7O3. The molecule has 11 heteroatoms. The number of benzene rings is 2. The van der Waals surface area contributed by atoms with E-state index in [1.54, 1.807) is 18.3 Å². The van der Waals surface area contributed by atoms with E-state index in [1.165, 1.54) is 6.07 Å². The summed E-state index contributed by atoms with van der Waals surface area (Å²) >= 11 is 6.96. The van der Waals surface area contributed by atoms with Gasteiger partial charge in [0.15, 0.2) is 11.4 Å². The Kier molecular flexibility index (Phi) is 7.66. The van der Waals surface area contributed by atoms with Crippen LogP contribution in [0.3, 0.4) is 0 Å². The number of aryl methyl sites for hydroxylation is 1. The van der Waals surface area contributed by atoms with Gasteiger partial charge in [-0.25, -0.2) is 9.97 Å². The van der Waals surface area contributed by atoms with E-state index >= 15 is 0 Å². The number of anilines is 2. The maximum Gasteiger partial charge on any atom is 0.229 e. The molecule has 228 valence electrons. The SMILES string of the molecule is Cc1cc2cc(CN3CCC(O)C3)cnc2c(Nc2cccc(-c3nccc(-c4nc5cc(C=O)cc(C#N)c5o4)c3Cl)c2C)n1. The molecule has 5 heterocycles. The van der Waals surface area contributed by atoms with Crippen LogP contribution in [0.25, 0.3) is 44.7 Å². The zero-order valence-corrected chi connectivity index (χ0v) is 25.8. The molecular weight excluding hydrogens is 602 g/mol. The van der Waals surface area contributed by atoms with Crippen LogP contribution in [0.5, 0.6) is 0 Å². The molecule has 0 radical (unpaired) electrons. The molecule has 0 amide bonds. The van der Waals surface area contributed by atoms with Gasteiger partial charge in [0.25, 0.3) is 0 Å². The number of nitrogens with one attached hydrogen (secondary N) is 1.